The van der Waals surface area contributed by atoms with Gasteiger partial charge in [-0.2, -0.15) is 0 Å². The summed E-state index contributed by atoms with van der Waals surface area (Å²) in [5, 5.41) is 26.2. The molecule has 1 rings (SSSR count). The van der Waals surface area contributed by atoms with Crippen molar-refractivity contribution in [2.75, 3.05) is 23.7 Å². The Morgan fingerprint density at radius 2 is 2.00 bits per heavy atom. The first kappa shape index (κ1) is 14.2. The molecule has 1 aromatic carbocycles. The fourth-order valence-electron chi connectivity index (χ4n) is 1.63. The van der Waals surface area contributed by atoms with Gasteiger partial charge in [0.1, 0.15) is 11.4 Å². The van der Waals surface area contributed by atoms with E-state index in [2.05, 4.69) is 10.6 Å². The number of anilines is 2. The molecule has 6 nitrogen and oxygen atoms in total. The van der Waals surface area contributed by atoms with Gasteiger partial charge in [0.15, 0.2) is 0 Å². The number of nitro groups is 1. The number of nitrogens with zero attached hydrogens (tertiary/aromatic N) is 1. The molecule has 0 saturated carbocycles. The van der Waals surface area contributed by atoms with E-state index in [1.54, 1.807) is 25.1 Å². The Kier molecular flexibility index (Phi) is 5.38. The van der Waals surface area contributed by atoms with Crippen molar-refractivity contribution in [3.63, 3.8) is 0 Å². The first-order valence-electron chi connectivity index (χ1n) is 5.99. The monoisotopic (exact) mass is 253 g/mol. The lowest BCUT2D eigenvalue weighted by atomic mass is 10.2. The fourth-order valence-corrected chi connectivity index (χ4v) is 1.63. The minimum atomic E-state index is -0.423. The van der Waals surface area contributed by atoms with E-state index in [0.29, 0.717) is 30.9 Å². The van der Waals surface area contributed by atoms with Crippen LogP contribution < -0.4 is 10.6 Å². The van der Waals surface area contributed by atoms with Crippen molar-refractivity contribution in [2.45, 2.75) is 26.4 Å². The minimum absolute atomic E-state index is 0.0462. The van der Waals surface area contributed by atoms with E-state index in [1.807, 2.05) is 6.92 Å². The molecule has 0 heterocycles. The molecule has 0 saturated heterocycles. The molecule has 0 bridgehead atoms. The van der Waals surface area contributed by atoms with Crippen LogP contribution in [0.15, 0.2) is 18.2 Å². The normalized spacial score (nSPS) is 11.9. The third-order valence-corrected chi connectivity index (χ3v) is 2.46. The summed E-state index contributed by atoms with van der Waals surface area (Å²) in [5.41, 5.74) is 1.02. The topological polar surface area (TPSA) is 87.4 Å². The van der Waals surface area contributed by atoms with Crippen LogP contribution in [0.1, 0.15) is 20.3 Å². The highest BCUT2D eigenvalue weighted by molar-refractivity contribution is 5.76. The second-order valence-electron chi connectivity index (χ2n) is 4.05. The third-order valence-electron chi connectivity index (χ3n) is 2.46. The molecule has 0 radical (unpaired) electrons. The van der Waals surface area contributed by atoms with Crippen molar-refractivity contribution in [2.24, 2.45) is 0 Å². The lowest BCUT2D eigenvalue weighted by Gasteiger charge is -2.11. The molecule has 0 aliphatic carbocycles. The number of aliphatic hydroxyl groups excluding tert-OH is 1. The van der Waals surface area contributed by atoms with Crippen LogP contribution in [0.5, 0.6) is 0 Å². The molecule has 0 aliphatic heterocycles. The quantitative estimate of drug-likeness (QED) is 0.512. The standard InChI is InChI=1S/C12H19N3O3/c1-3-13-10-5-4-6-11(12(10)15(17)18)14-8-7-9(2)16/h4-6,9,13-14,16H,3,7-8H2,1-2H3. The van der Waals surface area contributed by atoms with Crippen molar-refractivity contribution >= 4 is 17.1 Å². The molecule has 1 unspecified atom stereocenters. The maximum Gasteiger partial charge on any atom is 0.315 e. The van der Waals surface area contributed by atoms with Gasteiger partial charge in [0.05, 0.1) is 11.0 Å². The molecule has 0 amide bonds. The summed E-state index contributed by atoms with van der Waals surface area (Å²) < 4.78 is 0. The van der Waals surface area contributed by atoms with Crippen molar-refractivity contribution < 1.29 is 10.0 Å². The van der Waals surface area contributed by atoms with E-state index < -0.39 is 11.0 Å². The van der Waals surface area contributed by atoms with Crippen LogP contribution in [0.2, 0.25) is 0 Å². The second-order valence-corrected chi connectivity index (χ2v) is 4.05. The SMILES string of the molecule is CCNc1cccc(NCCC(C)O)c1[N+](=O)[O-]. The maximum absolute atomic E-state index is 11.1. The summed E-state index contributed by atoms with van der Waals surface area (Å²) in [6.45, 7) is 4.69. The highest BCUT2D eigenvalue weighted by Gasteiger charge is 2.18. The predicted molar refractivity (Wildman–Crippen MR) is 72.0 cm³/mol. The number of benzene rings is 1. The van der Waals surface area contributed by atoms with Gasteiger partial charge in [0.25, 0.3) is 0 Å². The van der Waals surface area contributed by atoms with Gasteiger partial charge in [-0.15, -0.1) is 0 Å². The van der Waals surface area contributed by atoms with Crippen molar-refractivity contribution in [3.8, 4) is 0 Å². The minimum Gasteiger partial charge on any atom is -0.393 e. The van der Waals surface area contributed by atoms with Crippen LogP contribution in [-0.4, -0.2) is 29.2 Å². The zero-order valence-electron chi connectivity index (χ0n) is 10.6. The van der Waals surface area contributed by atoms with Gasteiger partial charge in [-0.3, -0.25) is 10.1 Å². The van der Waals surface area contributed by atoms with Gasteiger partial charge in [0, 0.05) is 13.1 Å². The van der Waals surface area contributed by atoms with Crippen LogP contribution in [0.4, 0.5) is 17.1 Å². The number of nitrogens with one attached hydrogen (secondary N) is 2. The number of nitro benzene ring substituents is 1. The average Bonchev–Trinajstić information content (AvgIpc) is 2.28. The van der Waals surface area contributed by atoms with Crippen molar-refractivity contribution in [3.05, 3.63) is 28.3 Å². The zero-order valence-corrected chi connectivity index (χ0v) is 10.6. The van der Waals surface area contributed by atoms with Crippen LogP contribution in [0, 0.1) is 10.1 Å². The molecule has 1 atom stereocenters. The summed E-state index contributed by atoms with van der Waals surface area (Å²) in [6.07, 6.45) is 0.122. The first-order chi connectivity index (χ1) is 8.56. The Labute approximate surface area is 106 Å². The van der Waals surface area contributed by atoms with Crippen LogP contribution in [0.25, 0.3) is 0 Å². The van der Waals surface area contributed by atoms with Gasteiger partial charge >= 0.3 is 5.69 Å². The summed E-state index contributed by atoms with van der Waals surface area (Å²) in [7, 11) is 0. The molecular formula is C12H19N3O3. The molecule has 0 aliphatic rings. The zero-order chi connectivity index (χ0) is 13.5. The highest BCUT2D eigenvalue weighted by Crippen LogP contribution is 2.32. The molecule has 100 valence electrons. The Balaban J connectivity index is 2.88. The van der Waals surface area contributed by atoms with E-state index in [1.165, 1.54) is 0 Å². The molecule has 6 heteroatoms. The van der Waals surface area contributed by atoms with E-state index in [0.717, 1.165) is 0 Å². The third kappa shape index (κ3) is 3.89. The van der Waals surface area contributed by atoms with Gasteiger partial charge in [-0.25, -0.2) is 0 Å². The Morgan fingerprint density at radius 3 is 2.50 bits per heavy atom. The van der Waals surface area contributed by atoms with Gasteiger partial charge in [0.2, 0.25) is 0 Å². The molecular weight excluding hydrogens is 234 g/mol. The lowest BCUT2D eigenvalue weighted by Crippen LogP contribution is -2.11. The van der Waals surface area contributed by atoms with Gasteiger partial charge in [-0.1, -0.05) is 6.07 Å². The molecule has 0 spiro atoms. The summed E-state index contributed by atoms with van der Waals surface area (Å²) >= 11 is 0. The molecule has 0 fully saturated rings. The van der Waals surface area contributed by atoms with Crippen LogP contribution >= 0.6 is 0 Å². The Morgan fingerprint density at radius 1 is 1.39 bits per heavy atom. The molecule has 18 heavy (non-hydrogen) atoms. The van der Waals surface area contributed by atoms with E-state index in [-0.39, 0.29) is 5.69 Å². The lowest BCUT2D eigenvalue weighted by molar-refractivity contribution is -0.383. The van der Waals surface area contributed by atoms with Crippen molar-refractivity contribution in [1.29, 1.82) is 0 Å². The number of rotatable bonds is 7. The summed E-state index contributed by atoms with van der Waals surface area (Å²) in [5.74, 6) is 0. The predicted octanol–water partition coefficient (Wildman–Crippen LogP) is 2.21. The number of hydrogen-bond acceptors (Lipinski definition) is 5. The fraction of sp³-hybridized carbons (Fsp3) is 0.500. The number of aliphatic hydroxyl groups is 1. The molecule has 1 aromatic rings. The van der Waals surface area contributed by atoms with E-state index in [4.69, 9.17) is 5.11 Å². The van der Waals surface area contributed by atoms with E-state index in [9.17, 15) is 10.1 Å². The largest absolute Gasteiger partial charge is 0.393 e. The number of hydrogen-bond donors (Lipinski definition) is 3. The summed E-state index contributed by atoms with van der Waals surface area (Å²) in [4.78, 5) is 10.7. The maximum atomic E-state index is 11.1. The van der Waals surface area contributed by atoms with Crippen LogP contribution in [0.3, 0.4) is 0 Å². The smallest absolute Gasteiger partial charge is 0.315 e. The number of para-hydroxylation sites is 1. The Bertz CT molecular complexity index is 408. The first-order valence-corrected chi connectivity index (χ1v) is 5.99. The Hall–Kier alpha value is -1.82. The highest BCUT2D eigenvalue weighted by atomic mass is 16.6. The van der Waals surface area contributed by atoms with Gasteiger partial charge < -0.3 is 15.7 Å². The van der Waals surface area contributed by atoms with Gasteiger partial charge in [-0.05, 0) is 32.4 Å². The van der Waals surface area contributed by atoms with Crippen LogP contribution in [-0.2, 0) is 0 Å². The van der Waals surface area contributed by atoms with Crippen molar-refractivity contribution in [1.82, 2.24) is 0 Å². The second kappa shape index (κ2) is 6.80. The molecule has 0 aromatic heterocycles. The van der Waals surface area contributed by atoms with E-state index >= 15 is 0 Å². The average molecular weight is 253 g/mol. The molecule has 3 N–H and O–H groups in total. The summed E-state index contributed by atoms with van der Waals surface area (Å²) in [6, 6.07) is 5.11.